The number of phosphoric ester groups is 1. The largest absolute Gasteiger partial charge is 0.478 e. The quantitative estimate of drug-likeness (QED) is 0.443. The first-order valence-electron chi connectivity index (χ1n) is 9.18. The monoisotopic (exact) mass is 405 g/mol. The summed E-state index contributed by atoms with van der Waals surface area (Å²) >= 11 is 0. The van der Waals surface area contributed by atoms with E-state index in [0.29, 0.717) is 13.1 Å². The van der Waals surface area contributed by atoms with Gasteiger partial charge in [0.25, 0.3) is 0 Å². The standard InChI is InChI=1S/C20H24NO6P/c22-20(21-13-7-8-14-21)24-17-27-28(23,25-15-18-9-3-1-4-10-18)26-16-19-11-5-2-6-12-19/h1-6,9-12H,7-8,13-17H2. The van der Waals surface area contributed by atoms with Gasteiger partial charge in [-0.1, -0.05) is 60.7 Å². The average Bonchev–Trinajstić information content (AvgIpc) is 3.28. The molecule has 1 saturated heterocycles. The molecule has 0 N–H and O–H groups in total. The summed E-state index contributed by atoms with van der Waals surface area (Å²) in [6, 6.07) is 18.5. The van der Waals surface area contributed by atoms with Gasteiger partial charge >= 0.3 is 13.9 Å². The first kappa shape index (κ1) is 20.6. The molecule has 7 nitrogen and oxygen atoms in total. The molecule has 1 heterocycles. The van der Waals surface area contributed by atoms with Gasteiger partial charge in [-0.2, -0.15) is 0 Å². The summed E-state index contributed by atoms with van der Waals surface area (Å²) in [7, 11) is -3.93. The third-order valence-corrected chi connectivity index (χ3v) is 5.53. The van der Waals surface area contributed by atoms with E-state index in [1.807, 2.05) is 60.7 Å². The first-order valence-corrected chi connectivity index (χ1v) is 10.6. The molecule has 0 aromatic heterocycles. The Morgan fingerprint density at radius 1 is 0.821 bits per heavy atom. The molecule has 3 rings (SSSR count). The van der Waals surface area contributed by atoms with E-state index in [4.69, 9.17) is 18.3 Å². The van der Waals surface area contributed by atoms with Crippen LogP contribution in [0.5, 0.6) is 0 Å². The summed E-state index contributed by atoms with van der Waals surface area (Å²) in [5.74, 6) is 0. The number of likely N-dealkylation sites (tertiary alicyclic amines) is 1. The van der Waals surface area contributed by atoms with E-state index in [9.17, 15) is 9.36 Å². The van der Waals surface area contributed by atoms with Crippen molar-refractivity contribution in [3.05, 3.63) is 71.8 Å². The van der Waals surface area contributed by atoms with E-state index >= 15 is 0 Å². The zero-order chi connectivity index (χ0) is 19.7. The van der Waals surface area contributed by atoms with Gasteiger partial charge in [0, 0.05) is 13.1 Å². The minimum atomic E-state index is -3.93. The van der Waals surface area contributed by atoms with Crippen LogP contribution in [-0.4, -0.2) is 30.9 Å². The number of benzene rings is 2. The fraction of sp³-hybridized carbons (Fsp3) is 0.350. The molecule has 28 heavy (non-hydrogen) atoms. The minimum Gasteiger partial charge on any atom is -0.422 e. The zero-order valence-corrected chi connectivity index (χ0v) is 16.5. The molecule has 0 spiro atoms. The van der Waals surface area contributed by atoms with Gasteiger partial charge in [0.1, 0.15) is 0 Å². The van der Waals surface area contributed by atoms with Crippen molar-refractivity contribution in [2.24, 2.45) is 0 Å². The molecule has 0 unspecified atom stereocenters. The third kappa shape index (κ3) is 6.46. The number of amides is 1. The number of carbonyl (C=O) groups excluding carboxylic acids is 1. The maximum absolute atomic E-state index is 13.0. The lowest BCUT2D eigenvalue weighted by molar-refractivity contribution is 0.00606. The lowest BCUT2D eigenvalue weighted by Crippen LogP contribution is -2.28. The van der Waals surface area contributed by atoms with Crippen molar-refractivity contribution >= 4 is 13.9 Å². The number of hydrogen-bond donors (Lipinski definition) is 0. The molecule has 0 bridgehead atoms. The van der Waals surface area contributed by atoms with Crippen LogP contribution in [0, 0.1) is 0 Å². The van der Waals surface area contributed by atoms with Crippen LogP contribution in [0.1, 0.15) is 24.0 Å². The van der Waals surface area contributed by atoms with Crippen LogP contribution in [0.15, 0.2) is 60.7 Å². The number of ether oxygens (including phenoxy) is 1. The maximum Gasteiger partial charge on any atom is 0.478 e. The number of nitrogens with zero attached hydrogens (tertiary/aromatic N) is 1. The number of carbonyl (C=O) groups is 1. The van der Waals surface area contributed by atoms with Gasteiger partial charge in [-0.3, -0.25) is 9.05 Å². The molecular formula is C20H24NO6P. The Morgan fingerprint density at radius 2 is 1.32 bits per heavy atom. The lowest BCUT2D eigenvalue weighted by atomic mass is 10.2. The highest BCUT2D eigenvalue weighted by Crippen LogP contribution is 2.50. The van der Waals surface area contributed by atoms with Crippen molar-refractivity contribution in [2.45, 2.75) is 26.1 Å². The third-order valence-electron chi connectivity index (χ3n) is 4.22. The summed E-state index contributed by atoms with van der Waals surface area (Å²) in [4.78, 5) is 13.5. The van der Waals surface area contributed by atoms with Crippen molar-refractivity contribution < 1.29 is 27.7 Å². The summed E-state index contributed by atoms with van der Waals surface area (Å²) in [5.41, 5.74) is 1.65. The second-order valence-electron chi connectivity index (χ2n) is 6.32. The van der Waals surface area contributed by atoms with E-state index in [2.05, 4.69) is 0 Å². The maximum atomic E-state index is 13.0. The van der Waals surface area contributed by atoms with Gasteiger partial charge in [-0.15, -0.1) is 0 Å². The number of rotatable bonds is 9. The van der Waals surface area contributed by atoms with Crippen LogP contribution in [0.2, 0.25) is 0 Å². The Bertz CT molecular complexity index is 732. The molecule has 150 valence electrons. The summed E-state index contributed by atoms with van der Waals surface area (Å²) in [5, 5.41) is 0. The average molecular weight is 405 g/mol. The first-order chi connectivity index (χ1) is 13.6. The Balaban J connectivity index is 1.56. The normalized spacial score (nSPS) is 14.2. The fourth-order valence-corrected chi connectivity index (χ4v) is 3.72. The summed E-state index contributed by atoms with van der Waals surface area (Å²) < 4.78 is 34.2. The molecule has 8 heteroatoms. The SMILES string of the molecule is O=C(OCOP(=O)(OCc1ccccc1)OCc1ccccc1)N1CCCC1. The molecule has 0 saturated carbocycles. The Kier molecular flexibility index (Phi) is 7.62. The van der Waals surface area contributed by atoms with E-state index < -0.39 is 20.7 Å². The van der Waals surface area contributed by atoms with E-state index in [0.717, 1.165) is 24.0 Å². The van der Waals surface area contributed by atoms with Crippen LogP contribution in [0.25, 0.3) is 0 Å². The van der Waals surface area contributed by atoms with Gasteiger partial charge in [-0.25, -0.2) is 13.9 Å². The lowest BCUT2D eigenvalue weighted by Gasteiger charge is -2.19. The van der Waals surface area contributed by atoms with Gasteiger partial charge in [0.2, 0.25) is 6.79 Å². The second-order valence-corrected chi connectivity index (χ2v) is 7.99. The Hall–Kier alpha value is -2.18. The predicted molar refractivity (Wildman–Crippen MR) is 103 cm³/mol. The zero-order valence-electron chi connectivity index (χ0n) is 15.6. The topological polar surface area (TPSA) is 74.3 Å². The summed E-state index contributed by atoms with van der Waals surface area (Å²) in [6.07, 6.45) is 1.42. The molecule has 1 amide bonds. The molecule has 0 radical (unpaired) electrons. The van der Waals surface area contributed by atoms with Crippen molar-refractivity contribution in [2.75, 3.05) is 19.9 Å². The molecule has 1 aliphatic rings. The van der Waals surface area contributed by atoms with Crippen LogP contribution >= 0.6 is 7.82 Å². The van der Waals surface area contributed by atoms with Crippen LogP contribution < -0.4 is 0 Å². The van der Waals surface area contributed by atoms with Crippen molar-refractivity contribution in [1.29, 1.82) is 0 Å². The smallest absolute Gasteiger partial charge is 0.422 e. The van der Waals surface area contributed by atoms with Crippen molar-refractivity contribution in [3.8, 4) is 0 Å². The van der Waals surface area contributed by atoms with E-state index in [1.54, 1.807) is 4.90 Å². The molecule has 1 aliphatic heterocycles. The van der Waals surface area contributed by atoms with Crippen LogP contribution in [-0.2, 0) is 36.1 Å². The van der Waals surface area contributed by atoms with E-state index in [-0.39, 0.29) is 13.2 Å². The second kappa shape index (κ2) is 10.4. The highest BCUT2D eigenvalue weighted by atomic mass is 31.2. The van der Waals surface area contributed by atoms with Crippen molar-refractivity contribution in [1.82, 2.24) is 4.90 Å². The molecule has 0 aliphatic carbocycles. The van der Waals surface area contributed by atoms with Crippen LogP contribution in [0.4, 0.5) is 4.79 Å². The van der Waals surface area contributed by atoms with Gasteiger partial charge in [0.05, 0.1) is 13.2 Å². The van der Waals surface area contributed by atoms with Gasteiger partial charge in [0.15, 0.2) is 0 Å². The van der Waals surface area contributed by atoms with Gasteiger partial charge < -0.3 is 9.64 Å². The summed E-state index contributed by atoms with van der Waals surface area (Å²) in [6.45, 7) is 0.910. The van der Waals surface area contributed by atoms with Crippen LogP contribution in [0.3, 0.4) is 0 Å². The molecule has 2 aromatic rings. The highest BCUT2D eigenvalue weighted by Gasteiger charge is 2.29. The molecule has 0 atom stereocenters. The fourth-order valence-electron chi connectivity index (χ4n) is 2.70. The molecule has 2 aromatic carbocycles. The predicted octanol–water partition coefficient (Wildman–Crippen LogP) is 4.73. The highest BCUT2D eigenvalue weighted by molar-refractivity contribution is 7.48. The van der Waals surface area contributed by atoms with Crippen molar-refractivity contribution in [3.63, 3.8) is 0 Å². The Morgan fingerprint density at radius 3 is 1.82 bits per heavy atom. The molecule has 1 fully saturated rings. The minimum absolute atomic E-state index is 0.0486. The van der Waals surface area contributed by atoms with Gasteiger partial charge in [-0.05, 0) is 24.0 Å². The Labute approximate surface area is 164 Å². The number of phosphoric acid groups is 1. The molecular weight excluding hydrogens is 381 g/mol. The van der Waals surface area contributed by atoms with E-state index in [1.165, 1.54) is 0 Å². The number of hydrogen-bond acceptors (Lipinski definition) is 6.